The maximum absolute atomic E-state index is 12.5. The van der Waals surface area contributed by atoms with E-state index in [2.05, 4.69) is 4.72 Å². The monoisotopic (exact) mass is 291 g/mol. The Labute approximate surface area is 119 Å². The van der Waals surface area contributed by atoms with Gasteiger partial charge < -0.3 is 4.74 Å². The molecule has 0 saturated carbocycles. The molecular weight excluding hydrogens is 274 g/mol. The number of hydrogen-bond donors (Lipinski definition) is 1. The minimum atomic E-state index is -3.68. The number of hydrogen-bond acceptors (Lipinski definition) is 3. The van der Waals surface area contributed by atoms with E-state index in [1.807, 2.05) is 26.0 Å². The zero-order chi connectivity index (χ0) is 14.8. The molecule has 4 nitrogen and oxygen atoms in total. The maximum atomic E-state index is 12.5. The van der Waals surface area contributed by atoms with Crippen LogP contribution >= 0.6 is 0 Å². The van der Waals surface area contributed by atoms with Gasteiger partial charge in [0.25, 0.3) is 10.0 Å². The Morgan fingerprint density at radius 3 is 2.30 bits per heavy atom. The maximum Gasteiger partial charge on any atom is 0.265 e. The first-order valence-electron chi connectivity index (χ1n) is 6.17. The van der Waals surface area contributed by atoms with Gasteiger partial charge in [0, 0.05) is 5.69 Å². The summed E-state index contributed by atoms with van der Waals surface area (Å²) in [6, 6.07) is 12.3. The smallest absolute Gasteiger partial charge is 0.265 e. The number of para-hydroxylation sites is 1. The predicted molar refractivity (Wildman–Crippen MR) is 79.7 cm³/mol. The van der Waals surface area contributed by atoms with Crippen LogP contribution in [0.5, 0.6) is 5.75 Å². The van der Waals surface area contributed by atoms with E-state index >= 15 is 0 Å². The molecule has 0 unspecified atom stereocenters. The van der Waals surface area contributed by atoms with Crippen molar-refractivity contribution in [2.45, 2.75) is 18.7 Å². The van der Waals surface area contributed by atoms with Crippen molar-refractivity contribution in [2.75, 3.05) is 11.8 Å². The predicted octanol–water partition coefficient (Wildman–Crippen LogP) is 3.11. The van der Waals surface area contributed by atoms with Crippen LogP contribution in [0.15, 0.2) is 47.4 Å². The van der Waals surface area contributed by atoms with E-state index in [0.29, 0.717) is 11.4 Å². The molecule has 0 fully saturated rings. The molecule has 1 N–H and O–H groups in total. The first kappa shape index (κ1) is 14.4. The number of anilines is 1. The average molecular weight is 291 g/mol. The molecule has 0 aromatic heterocycles. The number of ether oxygens (including phenoxy) is 1. The Kier molecular flexibility index (Phi) is 3.99. The molecule has 0 aliphatic carbocycles. The molecule has 2 aromatic carbocycles. The van der Waals surface area contributed by atoms with Crippen LogP contribution in [0.1, 0.15) is 11.1 Å². The second-order valence-electron chi connectivity index (χ2n) is 4.58. The van der Waals surface area contributed by atoms with Crippen molar-refractivity contribution in [1.82, 2.24) is 0 Å². The molecule has 0 radical (unpaired) electrons. The summed E-state index contributed by atoms with van der Waals surface area (Å²) in [5.74, 6) is 0.374. The van der Waals surface area contributed by atoms with E-state index in [0.717, 1.165) is 11.1 Å². The van der Waals surface area contributed by atoms with Crippen LogP contribution in [0.4, 0.5) is 5.69 Å². The molecule has 2 rings (SSSR count). The Morgan fingerprint density at radius 2 is 1.70 bits per heavy atom. The van der Waals surface area contributed by atoms with Crippen molar-refractivity contribution in [3.8, 4) is 5.75 Å². The van der Waals surface area contributed by atoms with E-state index in [-0.39, 0.29) is 4.90 Å². The lowest BCUT2D eigenvalue weighted by Gasteiger charge is -2.14. The summed E-state index contributed by atoms with van der Waals surface area (Å²) in [4.78, 5) is 0.154. The zero-order valence-corrected chi connectivity index (χ0v) is 12.5. The molecule has 2 aromatic rings. The van der Waals surface area contributed by atoms with Gasteiger partial charge in [-0.25, -0.2) is 8.42 Å². The van der Waals surface area contributed by atoms with Crippen LogP contribution < -0.4 is 9.46 Å². The standard InChI is InChI=1S/C15H17NO3S/c1-11-9-12(2)15(19-3)14(10-11)20(17,18)16-13-7-5-4-6-8-13/h4-10,16H,1-3H3. The molecule has 0 bridgehead atoms. The van der Waals surface area contributed by atoms with Gasteiger partial charge in [0.2, 0.25) is 0 Å². The van der Waals surface area contributed by atoms with Crippen molar-refractivity contribution in [3.63, 3.8) is 0 Å². The Hall–Kier alpha value is -2.01. The SMILES string of the molecule is COc1c(C)cc(C)cc1S(=O)(=O)Nc1ccccc1. The number of rotatable bonds is 4. The summed E-state index contributed by atoms with van der Waals surface area (Å²) in [5, 5.41) is 0. The topological polar surface area (TPSA) is 55.4 Å². The highest BCUT2D eigenvalue weighted by Crippen LogP contribution is 2.30. The number of methoxy groups -OCH3 is 1. The van der Waals surface area contributed by atoms with Gasteiger partial charge in [0.05, 0.1) is 7.11 Å². The van der Waals surface area contributed by atoms with Gasteiger partial charge in [0.1, 0.15) is 10.6 Å². The minimum absolute atomic E-state index is 0.154. The first-order valence-corrected chi connectivity index (χ1v) is 7.65. The third kappa shape index (κ3) is 2.93. The fourth-order valence-electron chi connectivity index (χ4n) is 2.09. The summed E-state index contributed by atoms with van der Waals surface area (Å²) in [7, 11) is -2.20. The third-order valence-corrected chi connectivity index (χ3v) is 4.29. The molecule has 5 heteroatoms. The molecule has 0 spiro atoms. The van der Waals surface area contributed by atoms with Crippen LogP contribution in [-0.4, -0.2) is 15.5 Å². The number of benzene rings is 2. The first-order chi connectivity index (χ1) is 9.44. The van der Waals surface area contributed by atoms with Crippen LogP contribution in [0.3, 0.4) is 0 Å². The summed E-state index contributed by atoms with van der Waals surface area (Å²) in [5.41, 5.74) is 2.19. The van der Waals surface area contributed by atoms with Crippen LogP contribution in [0, 0.1) is 13.8 Å². The molecule has 0 saturated heterocycles. The van der Waals surface area contributed by atoms with Gasteiger partial charge in [-0.15, -0.1) is 0 Å². The lowest BCUT2D eigenvalue weighted by molar-refractivity contribution is 0.399. The summed E-state index contributed by atoms with van der Waals surface area (Å²) in [6.07, 6.45) is 0. The molecule has 20 heavy (non-hydrogen) atoms. The second kappa shape index (κ2) is 5.54. The van der Waals surface area contributed by atoms with Crippen LogP contribution in [-0.2, 0) is 10.0 Å². The second-order valence-corrected chi connectivity index (χ2v) is 6.24. The van der Waals surface area contributed by atoms with E-state index in [4.69, 9.17) is 4.74 Å². The quantitative estimate of drug-likeness (QED) is 0.941. The van der Waals surface area contributed by atoms with E-state index in [1.165, 1.54) is 7.11 Å². The van der Waals surface area contributed by atoms with E-state index in [9.17, 15) is 8.42 Å². The van der Waals surface area contributed by atoms with Gasteiger partial charge in [-0.3, -0.25) is 4.72 Å². The molecule has 106 valence electrons. The molecule has 0 heterocycles. The van der Waals surface area contributed by atoms with Crippen LogP contribution in [0.25, 0.3) is 0 Å². The normalized spacial score (nSPS) is 11.2. The van der Waals surface area contributed by atoms with Gasteiger partial charge in [-0.1, -0.05) is 24.3 Å². The number of sulfonamides is 1. The fourth-order valence-corrected chi connectivity index (χ4v) is 3.48. The molecule has 0 aliphatic rings. The Bertz CT molecular complexity index is 709. The summed E-state index contributed by atoms with van der Waals surface area (Å²) in [6.45, 7) is 3.68. The molecule has 0 atom stereocenters. The van der Waals surface area contributed by atoms with Gasteiger partial charge in [0.15, 0.2) is 0 Å². The van der Waals surface area contributed by atoms with Gasteiger partial charge in [-0.05, 0) is 43.2 Å². The highest BCUT2D eigenvalue weighted by molar-refractivity contribution is 7.92. The molecule has 0 aliphatic heterocycles. The lowest BCUT2D eigenvalue weighted by atomic mass is 10.1. The average Bonchev–Trinajstić information content (AvgIpc) is 2.38. The highest BCUT2D eigenvalue weighted by Gasteiger charge is 2.21. The summed E-state index contributed by atoms with van der Waals surface area (Å²) >= 11 is 0. The number of aryl methyl sites for hydroxylation is 2. The van der Waals surface area contributed by atoms with Crippen molar-refractivity contribution < 1.29 is 13.2 Å². The largest absolute Gasteiger partial charge is 0.495 e. The van der Waals surface area contributed by atoms with Crippen LogP contribution in [0.2, 0.25) is 0 Å². The lowest BCUT2D eigenvalue weighted by Crippen LogP contribution is -2.14. The van der Waals surface area contributed by atoms with Crippen molar-refractivity contribution in [3.05, 3.63) is 53.6 Å². The van der Waals surface area contributed by atoms with Crippen molar-refractivity contribution >= 4 is 15.7 Å². The van der Waals surface area contributed by atoms with Gasteiger partial charge in [-0.2, -0.15) is 0 Å². The highest BCUT2D eigenvalue weighted by atomic mass is 32.2. The number of nitrogens with one attached hydrogen (secondary N) is 1. The minimum Gasteiger partial charge on any atom is -0.495 e. The van der Waals surface area contributed by atoms with E-state index in [1.54, 1.807) is 30.3 Å². The van der Waals surface area contributed by atoms with Gasteiger partial charge >= 0.3 is 0 Å². The van der Waals surface area contributed by atoms with Crippen molar-refractivity contribution in [2.24, 2.45) is 0 Å². The molecule has 0 amide bonds. The zero-order valence-electron chi connectivity index (χ0n) is 11.7. The Morgan fingerprint density at radius 1 is 1.05 bits per heavy atom. The molecular formula is C15H17NO3S. The fraction of sp³-hybridized carbons (Fsp3) is 0.200. The summed E-state index contributed by atoms with van der Waals surface area (Å²) < 4.78 is 32.8. The van der Waals surface area contributed by atoms with Crippen molar-refractivity contribution in [1.29, 1.82) is 0 Å². The third-order valence-electron chi connectivity index (χ3n) is 2.90. The van der Waals surface area contributed by atoms with E-state index < -0.39 is 10.0 Å². The Balaban J connectivity index is 2.49.